The first-order chi connectivity index (χ1) is 16.4. The van der Waals surface area contributed by atoms with Gasteiger partial charge in [0.1, 0.15) is 11.6 Å². The molecule has 0 amide bonds. The number of nitrogens with zero attached hydrogens (tertiary/aromatic N) is 4. The molecule has 0 unspecified atom stereocenters. The molecule has 0 radical (unpaired) electrons. The number of anilines is 1. The van der Waals surface area contributed by atoms with Gasteiger partial charge in [0, 0.05) is 35.5 Å². The molecule has 4 rings (SSSR count). The van der Waals surface area contributed by atoms with E-state index in [9.17, 15) is 19.7 Å². The summed E-state index contributed by atoms with van der Waals surface area (Å²) in [5.74, 6) is -0.800. The van der Waals surface area contributed by atoms with Gasteiger partial charge in [-0.15, -0.1) is 0 Å². The topological polar surface area (TPSA) is 129 Å². The van der Waals surface area contributed by atoms with Crippen molar-refractivity contribution >= 4 is 45.2 Å². The molecule has 0 aliphatic rings. The molecule has 34 heavy (non-hydrogen) atoms. The largest absolute Gasteiger partial charge is 0.456 e. The molecule has 0 saturated heterocycles. The van der Waals surface area contributed by atoms with E-state index in [1.54, 1.807) is 12.1 Å². The van der Waals surface area contributed by atoms with Gasteiger partial charge < -0.3 is 10.1 Å². The fourth-order valence-corrected chi connectivity index (χ4v) is 4.19. The number of ether oxygens (including phenoxy) is 1. The number of halogens is 1. The summed E-state index contributed by atoms with van der Waals surface area (Å²) >= 11 is 7.46. The third kappa shape index (κ3) is 5.05. The SMILES string of the molecule is CCc1nn2c(=O)cc(COC(=O)c3cc([N+](=O)[O-])ccc3NCc3ccccc3Cl)nc2s1. The van der Waals surface area contributed by atoms with Crippen molar-refractivity contribution in [1.82, 2.24) is 14.6 Å². The first kappa shape index (κ1) is 23.3. The summed E-state index contributed by atoms with van der Waals surface area (Å²) in [6.45, 7) is 1.93. The van der Waals surface area contributed by atoms with Crippen molar-refractivity contribution < 1.29 is 14.5 Å². The van der Waals surface area contributed by atoms with Crippen molar-refractivity contribution in [3.05, 3.63) is 95.9 Å². The molecule has 1 N–H and O–H groups in total. The van der Waals surface area contributed by atoms with Crippen molar-refractivity contribution in [2.45, 2.75) is 26.5 Å². The summed E-state index contributed by atoms with van der Waals surface area (Å²) in [5, 5.41) is 19.8. The molecule has 0 spiro atoms. The molecule has 0 bridgehead atoms. The zero-order valence-corrected chi connectivity index (χ0v) is 19.4. The van der Waals surface area contributed by atoms with Gasteiger partial charge in [0.05, 0.1) is 16.2 Å². The number of carbonyl (C=O) groups excluding carboxylic acids is 1. The Labute approximate surface area is 201 Å². The second-order valence-corrected chi connectivity index (χ2v) is 8.59. The Morgan fingerprint density at radius 3 is 2.79 bits per heavy atom. The van der Waals surface area contributed by atoms with Crippen LogP contribution in [0.5, 0.6) is 0 Å². The number of carbonyl (C=O) groups is 1. The maximum absolute atomic E-state index is 12.9. The molecule has 0 aliphatic heterocycles. The predicted molar refractivity (Wildman–Crippen MR) is 128 cm³/mol. The lowest BCUT2D eigenvalue weighted by molar-refractivity contribution is -0.384. The number of aromatic nitrogens is 3. The van der Waals surface area contributed by atoms with Crippen molar-refractivity contribution in [1.29, 1.82) is 0 Å². The van der Waals surface area contributed by atoms with Crippen LogP contribution in [0, 0.1) is 10.1 Å². The number of benzene rings is 2. The van der Waals surface area contributed by atoms with E-state index >= 15 is 0 Å². The molecule has 12 heteroatoms. The van der Waals surface area contributed by atoms with Crippen LogP contribution < -0.4 is 10.9 Å². The van der Waals surface area contributed by atoms with Crippen LogP contribution in [0.2, 0.25) is 5.02 Å². The van der Waals surface area contributed by atoms with Gasteiger partial charge in [-0.3, -0.25) is 14.9 Å². The highest BCUT2D eigenvalue weighted by atomic mass is 35.5. The van der Waals surface area contributed by atoms with E-state index < -0.39 is 10.9 Å². The number of hydrogen-bond donors (Lipinski definition) is 1. The Hall–Kier alpha value is -3.83. The normalized spacial score (nSPS) is 10.9. The number of rotatable bonds is 8. The van der Waals surface area contributed by atoms with Gasteiger partial charge in [-0.05, 0) is 24.1 Å². The number of fused-ring (bicyclic) bond motifs is 1. The summed E-state index contributed by atoms with van der Waals surface area (Å²) < 4.78 is 6.55. The quantitative estimate of drug-likeness (QED) is 0.216. The summed E-state index contributed by atoms with van der Waals surface area (Å²) in [6, 6.07) is 12.3. The van der Waals surface area contributed by atoms with Crippen LogP contribution in [0.15, 0.2) is 53.3 Å². The van der Waals surface area contributed by atoms with Gasteiger partial charge in [-0.2, -0.15) is 9.61 Å². The highest BCUT2D eigenvalue weighted by molar-refractivity contribution is 7.16. The minimum Gasteiger partial charge on any atom is -0.456 e. The van der Waals surface area contributed by atoms with Gasteiger partial charge >= 0.3 is 5.97 Å². The highest BCUT2D eigenvalue weighted by Gasteiger charge is 2.19. The van der Waals surface area contributed by atoms with Crippen molar-refractivity contribution in [2.75, 3.05) is 5.32 Å². The average molecular weight is 500 g/mol. The molecule has 0 aliphatic carbocycles. The van der Waals surface area contributed by atoms with E-state index in [0.29, 0.717) is 22.1 Å². The Morgan fingerprint density at radius 2 is 2.06 bits per heavy atom. The Morgan fingerprint density at radius 1 is 1.26 bits per heavy atom. The lowest BCUT2D eigenvalue weighted by atomic mass is 10.1. The van der Waals surface area contributed by atoms with Crippen LogP contribution in [0.1, 0.15) is 33.5 Å². The standard InChI is InChI=1S/C22H18ClN5O5S/c1-2-19-26-27-20(29)9-14(25-22(27)34-19)12-33-21(30)16-10-15(28(31)32)7-8-18(16)24-11-13-5-3-4-6-17(13)23/h3-10,24H,2,11-12H2,1H3. The molecular weight excluding hydrogens is 482 g/mol. The third-order valence-electron chi connectivity index (χ3n) is 4.85. The number of non-ortho nitro benzene ring substituents is 1. The zero-order chi connectivity index (χ0) is 24.2. The summed E-state index contributed by atoms with van der Waals surface area (Å²) in [7, 11) is 0. The van der Waals surface area contributed by atoms with Crippen LogP contribution in [-0.2, 0) is 24.3 Å². The molecule has 0 saturated carbocycles. The van der Waals surface area contributed by atoms with Gasteiger partial charge in [0.25, 0.3) is 11.2 Å². The number of nitro groups is 1. The van der Waals surface area contributed by atoms with Crippen LogP contribution in [0.3, 0.4) is 0 Å². The smallest absolute Gasteiger partial charge is 0.340 e. The second-order valence-electron chi connectivity index (χ2n) is 7.14. The minimum atomic E-state index is -0.800. The van der Waals surface area contributed by atoms with Crippen LogP contribution >= 0.6 is 22.9 Å². The van der Waals surface area contributed by atoms with Crippen LogP contribution in [0.4, 0.5) is 11.4 Å². The molecule has 174 valence electrons. The number of aryl methyl sites for hydroxylation is 1. The second kappa shape index (κ2) is 9.98. The summed E-state index contributed by atoms with van der Waals surface area (Å²) in [4.78, 5) is 40.5. The van der Waals surface area contributed by atoms with Gasteiger partial charge in [-0.25, -0.2) is 9.78 Å². The number of hydrogen-bond acceptors (Lipinski definition) is 9. The fraction of sp³-hybridized carbons (Fsp3) is 0.182. The van der Waals surface area contributed by atoms with Crippen molar-refractivity contribution in [3.8, 4) is 0 Å². The minimum absolute atomic E-state index is 0.0230. The van der Waals surface area contributed by atoms with E-state index in [4.69, 9.17) is 16.3 Å². The maximum Gasteiger partial charge on any atom is 0.340 e. The van der Waals surface area contributed by atoms with Crippen molar-refractivity contribution in [3.63, 3.8) is 0 Å². The van der Waals surface area contributed by atoms with E-state index in [1.807, 2.05) is 19.1 Å². The molecule has 2 heterocycles. The first-order valence-electron chi connectivity index (χ1n) is 10.2. The van der Waals surface area contributed by atoms with Gasteiger partial charge in [-0.1, -0.05) is 48.1 Å². The van der Waals surface area contributed by atoms with E-state index in [-0.39, 0.29) is 35.7 Å². The summed E-state index contributed by atoms with van der Waals surface area (Å²) in [5.41, 5.74) is 0.713. The molecule has 0 fully saturated rings. The highest BCUT2D eigenvalue weighted by Crippen LogP contribution is 2.25. The number of nitrogens with one attached hydrogen (secondary N) is 1. The van der Waals surface area contributed by atoms with E-state index in [1.165, 1.54) is 34.1 Å². The van der Waals surface area contributed by atoms with Crippen LogP contribution in [0.25, 0.3) is 4.96 Å². The van der Waals surface area contributed by atoms with Gasteiger partial charge in [0.15, 0.2) is 0 Å². The predicted octanol–water partition coefficient (Wildman–Crippen LogP) is 4.24. The van der Waals surface area contributed by atoms with Gasteiger partial charge in [0.2, 0.25) is 4.96 Å². The maximum atomic E-state index is 12.9. The molecule has 4 aromatic rings. The van der Waals surface area contributed by atoms with Crippen molar-refractivity contribution in [2.24, 2.45) is 0 Å². The van der Waals surface area contributed by atoms with E-state index in [2.05, 4.69) is 15.4 Å². The molecule has 2 aromatic heterocycles. The lowest BCUT2D eigenvalue weighted by Gasteiger charge is -2.12. The molecule has 10 nitrogen and oxygen atoms in total. The average Bonchev–Trinajstić information content (AvgIpc) is 3.26. The number of esters is 1. The Kier molecular flexibility index (Phi) is 6.85. The van der Waals surface area contributed by atoms with E-state index in [0.717, 1.165) is 16.6 Å². The molecule has 2 aromatic carbocycles. The van der Waals surface area contributed by atoms with Crippen LogP contribution in [-0.4, -0.2) is 25.5 Å². The first-order valence-corrected chi connectivity index (χ1v) is 11.4. The molecule has 0 atom stereocenters. The number of nitro benzene ring substituents is 1. The lowest BCUT2D eigenvalue weighted by Crippen LogP contribution is -2.17. The zero-order valence-electron chi connectivity index (χ0n) is 17.9. The third-order valence-corrected chi connectivity index (χ3v) is 6.28. The fourth-order valence-electron chi connectivity index (χ4n) is 3.13. The monoisotopic (exact) mass is 499 g/mol. The summed E-state index contributed by atoms with van der Waals surface area (Å²) in [6.07, 6.45) is 0.661. The molecular formula is C22H18ClN5O5S. The Balaban J connectivity index is 1.55. The Bertz CT molecular complexity index is 1450.